The Morgan fingerprint density at radius 2 is 1.91 bits per heavy atom. The molecule has 0 aromatic heterocycles. The molecule has 0 fully saturated rings. The fourth-order valence-electron chi connectivity index (χ4n) is 1.77. The van der Waals surface area contributed by atoms with E-state index >= 15 is 0 Å². The van der Waals surface area contributed by atoms with Crippen molar-refractivity contribution in [2.45, 2.75) is 11.8 Å². The first-order chi connectivity index (χ1) is 10.2. The maximum Gasteiger partial charge on any atom is 0.261 e. The van der Waals surface area contributed by atoms with Gasteiger partial charge in [0.05, 0.1) is 16.6 Å². The predicted molar refractivity (Wildman–Crippen MR) is 80.4 cm³/mol. The Morgan fingerprint density at radius 3 is 2.50 bits per heavy atom. The molecule has 22 heavy (non-hydrogen) atoms. The number of rotatable bonds is 4. The zero-order chi connectivity index (χ0) is 16.5. The molecule has 2 rings (SSSR count). The van der Waals surface area contributed by atoms with Crippen LogP contribution in [0.5, 0.6) is 0 Å². The van der Waals surface area contributed by atoms with E-state index in [9.17, 15) is 22.7 Å². The molecule has 0 aliphatic heterocycles. The summed E-state index contributed by atoms with van der Waals surface area (Å²) in [6.07, 6.45) is 0. The summed E-state index contributed by atoms with van der Waals surface area (Å²) in [4.78, 5) is 10.4. The molecule has 0 aliphatic carbocycles. The first kappa shape index (κ1) is 16.4. The molecule has 0 amide bonds. The lowest BCUT2D eigenvalue weighted by Crippen LogP contribution is -2.24. The molecule has 1 N–H and O–H groups in total. The molecule has 0 bridgehead atoms. The van der Waals surface area contributed by atoms with Crippen LogP contribution in [0.2, 0.25) is 0 Å². The number of hydrogen-bond acceptors (Lipinski definition) is 4. The van der Waals surface area contributed by atoms with Crippen LogP contribution < -0.4 is 9.83 Å². The highest BCUT2D eigenvalue weighted by molar-refractivity contribution is 9.10. The first-order valence-corrected chi connectivity index (χ1v) is 8.28. The van der Waals surface area contributed by atoms with Gasteiger partial charge in [0.2, 0.25) is 0 Å². The quantitative estimate of drug-likeness (QED) is 0.870. The maximum atomic E-state index is 13.3. The predicted octanol–water partition coefficient (Wildman–Crippen LogP) is 2.06. The van der Waals surface area contributed by atoms with Crippen LogP contribution in [0.4, 0.5) is 10.1 Å². The van der Waals surface area contributed by atoms with E-state index in [0.29, 0.717) is 11.3 Å². The molecule has 116 valence electrons. The summed E-state index contributed by atoms with van der Waals surface area (Å²) in [5.74, 6) is -2.84. The van der Waals surface area contributed by atoms with Gasteiger partial charge in [-0.2, -0.15) is 0 Å². The number of aryl methyl sites for hydroxylation is 1. The van der Waals surface area contributed by atoms with Gasteiger partial charge in [-0.25, -0.2) is 12.8 Å². The largest absolute Gasteiger partial charge is 0.545 e. The van der Waals surface area contributed by atoms with Crippen LogP contribution in [0.1, 0.15) is 15.9 Å². The van der Waals surface area contributed by atoms with Gasteiger partial charge in [-0.05, 0) is 48.9 Å². The SMILES string of the molecule is Cc1cc(Br)ccc1NS(=O)(=O)c1ccc(F)c(C(=O)[O-])c1. The number of nitrogens with one attached hydrogen (secondary N) is 1. The zero-order valence-electron chi connectivity index (χ0n) is 11.3. The number of carbonyl (C=O) groups is 1. The van der Waals surface area contributed by atoms with Crippen molar-refractivity contribution in [2.24, 2.45) is 0 Å². The minimum atomic E-state index is -4.04. The lowest BCUT2D eigenvalue weighted by atomic mass is 10.2. The Morgan fingerprint density at radius 1 is 1.23 bits per heavy atom. The molecule has 5 nitrogen and oxygen atoms in total. The van der Waals surface area contributed by atoms with Gasteiger partial charge in [0, 0.05) is 10.0 Å². The van der Waals surface area contributed by atoms with E-state index in [1.807, 2.05) is 0 Å². The monoisotopic (exact) mass is 386 g/mol. The third kappa shape index (κ3) is 3.45. The fourth-order valence-corrected chi connectivity index (χ4v) is 3.41. The highest BCUT2D eigenvalue weighted by atomic mass is 79.9. The number of anilines is 1. The summed E-state index contributed by atoms with van der Waals surface area (Å²) >= 11 is 3.26. The number of carbonyl (C=O) groups excluding carboxylic acids is 1. The average molecular weight is 387 g/mol. The molecule has 0 atom stereocenters. The van der Waals surface area contributed by atoms with Crippen molar-refractivity contribution >= 4 is 37.6 Å². The van der Waals surface area contributed by atoms with Gasteiger partial charge in [0.15, 0.2) is 0 Å². The molecule has 0 spiro atoms. The molecular formula is C14H10BrFNO4S-. The number of carboxylic acids is 1. The third-order valence-electron chi connectivity index (χ3n) is 2.90. The number of aromatic carboxylic acids is 1. The van der Waals surface area contributed by atoms with Crippen molar-refractivity contribution in [3.63, 3.8) is 0 Å². The second kappa shape index (κ2) is 6.05. The Bertz CT molecular complexity index is 852. The molecule has 0 saturated heterocycles. The topological polar surface area (TPSA) is 86.3 Å². The molecule has 0 radical (unpaired) electrons. The Balaban J connectivity index is 2.42. The van der Waals surface area contributed by atoms with Gasteiger partial charge in [0.1, 0.15) is 5.82 Å². The first-order valence-electron chi connectivity index (χ1n) is 6.00. The fraction of sp³-hybridized carbons (Fsp3) is 0.0714. The van der Waals surface area contributed by atoms with Gasteiger partial charge >= 0.3 is 0 Å². The van der Waals surface area contributed by atoms with E-state index in [0.717, 1.165) is 22.7 Å². The van der Waals surface area contributed by atoms with Crippen molar-refractivity contribution < 1.29 is 22.7 Å². The molecule has 2 aromatic rings. The molecule has 2 aromatic carbocycles. The summed E-state index contributed by atoms with van der Waals surface area (Å²) < 4.78 is 41.0. The molecule has 0 unspecified atom stereocenters. The van der Waals surface area contributed by atoms with Crippen LogP contribution in [0, 0.1) is 12.7 Å². The van der Waals surface area contributed by atoms with E-state index in [2.05, 4.69) is 20.7 Å². The van der Waals surface area contributed by atoms with E-state index < -0.39 is 27.4 Å². The Hall–Kier alpha value is -1.93. The van der Waals surface area contributed by atoms with E-state index in [-0.39, 0.29) is 4.90 Å². The van der Waals surface area contributed by atoms with E-state index in [4.69, 9.17) is 0 Å². The normalized spacial score (nSPS) is 11.2. The summed E-state index contributed by atoms with van der Waals surface area (Å²) in [5, 5.41) is 10.8. The van der Waals surface area contributed by atoms with Crippen molar-refractivity contribution in [2.75, 3.05) is 4.72 Å². The van der Waals surface area contributed by atoms with Crippen molar-refractivity contribution in [1.82, 2.24) is 0 Å². The van der Waals surface area contributed by atoms with Gasteiger partial charge in [-0.1, -0.05) is 15.9 Å². The van der Waals surface area contributed by atoms with Gasteiger partial charge in [0.25, 0.3) is 10.0 Å². The van der Waals surface area contributed by atoms with Crippen molar-refractivity contribution in [1.29, 1.82) is 0 Å². The minimum absolute atomic E-state index is 0.336. The smallest absolute Gasteiger partial charge is 0.261 e. The van der Waals surface area contributed by atoms with Gasteiger partial charge in [-0.3, -0.25) is 4.72 Å². The lowest BCUT2D eigenvalue weighted by Gasteiger charge is -2.12. The second-order valence-electron chi connectivity index (χ2n) is 4.49. The molecule has 0 aliphatic rings. The number of carboxylic acid groups (broad SMARTS) is 1. The Kier molecular flexibility index (Phi) is 4.52. The summed E-state index contributed by atoms with van der Waals surface area (Å²) in [6.45, 7) is 1.71. The van der Waals surface area contributed by atoms with Crippen molar-refractivity contribution in [3.05, 3.63) is 57.8 Å². The average Bonchev–Trinajstić information content (AvgIpc) is 2.42. The van der Waals surface area contributed by atoms with Crippen LogP contribution in [-0.4, -0.2) is 14.4 Å². The van der Waals surface area contributed by atoms with Crippen LogP contribution in [0.15, 0.2) is 45.8 Å². The highest BCUT2D eigenvalue weighted by Gasteiger charge is 2.17. The Labute approximate surface area is 135 Å². The van der Waals surface area contributed by atoms with Crippen LogP contribution >= 0.6 is 15.9 Å². The molecule has 0 saturated carbocycles. The van der Waals surface area contributed by atoms with E-state index in [1.54, 1.807) is 25.1 Å². The van der Waals surface area contributed by atoms with Crippen LogP contribution in [0.25, 0.3) is 0 Å². The molecular weight excluding hydrogens is 377 g/mol. The minimum Gasteiger partial charge on any atom is -0.545 e. The van der Waals surface area contributed by atoms with Crippen LogP contribution in [-0.2, 0) is 10.0 Å². The highest BCUT2D eigenvalue weighted by Crippen LogP contribution is 2.24. The van der Waals surface area contributed by atoms with Gasteiger partial charge in [-0.15, -0.1) is 0 Å². The number of sulfonamides is 1. The number of benzene rings is 2. The molecule has 0 heterocycles. The van der Waals surface area contributed by atoms with Crippen molar-refractivity contribution in [3.8, 4) is 0 Å². The standard InChI is InChI=1S/C14H11BrFNO4S/c1-8-6-9(15)2-5-13(8)17-22(20,21)10-3-4-12(16)11(7-10)14(18)19/h2-7,17H,1H3,(H,18,19)/p-1. The maximum absolute atomic E-state index is 13.3. The van der Waals surface area contributed by atoms with Gasteiger partial charge < -0.3 is 9.90 Å². The summed E-state index contributed by atoms with van der Waals surface area (Å²) in [7, 11) is -4.04. The second-order valence-corrected chi connectivity index (χ2v) is 7.09. The summed E-state index contributed by atoms with van der Waals surface area (Å²) in [6, 6.07) is 7.41. The third-order valence-corrected chi connectivity index (χ3v) is 4.76. The zero-order valence-corrected chi connectivity index (χ0v) is 13.7. The summed E-state index contributed by atoms with van der Waals surface area (Å²) in [5.41, 5.74) is 0.193. The lowest BCUT2D eigenvalue weighted by molar-refractivity contribution is -0.255. The number of halogens is 2. The number of hydrogen-bond donors (Lipinski definition) is 1. The molecule has 8 heteroatoms. The van der Waals surface area contributed by atoms with E-state index in [1.165, 1.54) is 0 Å². The van der Waals surface area contributed by atoms with Crippen LogP contribution in [0.3, 0.4) is 0 Å².